The zero-order valence-electron chi connectivity index (χ0n) is 14.7. The van der Waals surface area contributed by atoms with Crippen molar-refractivity contribution in [3.05, 3.63) is 54.1 Å². The molecule has 1 atom stereocenters. The molecule has 0 spiro atoms. The van der Waals surface area contributed by atoms with Crippen LogP contribution < -0.4 is 0 Å². The maximum Gasteiger partial charge on any atom is 0.324 e. The van der Waals surface area contributed by atoms with Crippen LogP contribution in [0.4, 0.5) is 0 Å². The number of esters is 2. The van der Waals surface area contributed by atoms with Gasteiger partial charge in [0, 0.05) is 6.42 Å². The van der Waals surface area contributed by atoms with E-state index < -0.39 is 23.0 Å². The van der Waals surface area contributed by atoms with Crippen LogP contribution in [-0.4, -0.2) is 24.6 Å². The Bertz CT molecular complexity index is 694. The van der Waals surface area contributed by atoms with Gasteiger partial charge >= 0.3 is 11.9 Å². The second-order valence-corrected chi connectivity index (χ2v) is 6.98. The maximum atomic E-state index is 12.9. The molecule has 1 aliphatic rings. The number of carbonyl (C=O) groups excluding carboxylic acids is 2. The lowest BCUT2D eigenvalue weighted by Crippen LogP contribution is -2.45. The van der Waals surface area contributed by atoms with Crippen LogP contribution in [0, 0.1) is 5.41 Å². The summed E-state index contributed by atoms with van der Waals surface area (Å²) in [7, 11) is 1.30. The van der Waals surface area contributed by atoms with E-state index in [1.165, 1.54) is 7.11 Å². The van der Waals surface area contributed by atoms with E-state index in [2.05, 4.69) is 6.58 Å². The van der Waals surface area contributed by atoms with Gasteiger partial charge in [0.2, 0.25) is 0 Å². The smallest absolute Gasteiger partial charge is 0.324 e. The van der Waals surface area contributed by atoms with E-state index in [0.29, 0.717) is 0 Å². The second-order valence-electron chi connectivity index (χ2n) is 6.98. The molecule has 0 heterocycles. The maximum absolute atomic E-state index is 12.9. The molecule has 0 bridgehead atoms. The molecule has 0 aromatic heterocycles. The Labute approximate surface area is 143 Å². The van der Waals surface area contributed by atoms with Gasteiger partial charge in [-0.2, -0.15) is 0 Å². The number of carbonyl (C=O) groups is 2. The first-order chi connectivity index (χ1) is 11.2. The summed E-state index contributed by atoms with van der Waals surface area (Å²) in [6.45, 7) is 9.19. The first kappa shape index (κ1) is 18.0. The van der Waals surface area contributed by atoms with Crippen LogP contribution in [-0.2, 0) is 25.5 Å². The molecular weight excluding hydrogens is 304 g/mol. The predicted octanol–water partition coefficient (Wildman–Crippen LogP) is 3.70. The van der Waals surface area contributed by atoms with E-state index in [1.807, 2.05) is 30.3 Å². The summed E-state index contributed by atoms with van der Waals surface area (Å²) in [6.07, 6.45) is 4.05. The van der Waals surface area contributed by atoms with Gasteiger partial charge in [0.15, 0.2) is 5.41 Å². The van der Waals surface area contributed by atoms with Gasteiger partial charge in [-0.1, -0.05) is 43.0 Å². The van der Waals surface area contributed by atoms with Crippen molar-refractivity contribution in [1.29, 1.82) is 0 Å². The molecule has 4 nitrogen and oxygen atoms in total. The standard InChI is InChI=1S/C20H24O4/c1-6-14-11-12-20(17(21)23-5,18(22)24-19(2,3)4)13-15-9-7-8-10-16(14)15/h6-11H,1,12-13H2,2-5H3. The molecule has 1 unspecified atom stereocenters. The largest absolute Gasteiger partial charge is 0.468 e. The van der Waals surface area contributed by atoms with E-state index in [0.717, 1.165) is 16.7 Å². The molecule has 0 saturated carbocycles. The quantitative estimate of drug-likeness (QED) is 0.627. The minimum Gasteiger partial charge on any atom is -0.468 e. The number of fused-ring (bicyclic) bond motifs is 1. The lowest BCUT2D eigenvalue weighted by Gasteiger charge is -2.31. The molecule has 1 aromatic carbocycles. The zero-order chi connectivity index (χ0) is 18.0. The summed E-state index contributed by atoms with van der Waals surface area (Å²) in [5.74, 6) is -1.13. The van der Waals surface area contributed by atoms with Crippen LogP contribution in [0.15, 0.2) is 43.0 Å². The van der Waals surface area contributed by atoms with Gasteiger partial charge in [-0.25, -0.2) is 0 Å². The first-order valence-corrected chi connectivity index (χ1v) is 7.96. The van der Waals surface area contributed by atoms with Gasteiger partial charge in [-0.3, -0.25) is 9.59 Å². The highest BCUT2D eigenvalue weighted by molar-refractivity contribution is 6.01. The Morgan fingerprint density at radius 3 is 2.46 bits per heavy atom. The van der Waals surface area contributed by atoms with Gasteiger partial charge in [0.05, 0.1) is 7.11 Å². The molecule has 0 saturated heterocycles. The monoisotopic (exact) mass is 328 g/mol. The highest BCUT2D eigenvalue weighted by Crippen LogP contribution is 2.39. The fourth-order valence-corrected chi connectivity index (χ4v) is 2.91. The van der Waals surface area contributed by atoms with Crippen LogP contribution in [0.5, 0.6) is 0 Å². The SMILES string of the molecule is C=CC1=CCC(C(=O)OC)(C(=O)OC(C)(C)C)Cc2ccccc21. The van der Waals surface area contributed by atoms with Crippen molar-refractivity contribution in [3.8, 4) is 0 Å². The summed E-state index contributed by atoms with van der Waals surface area (Å²) >= 11 is 0. The van der Waals surface area contributed by atoms with Crippen LogP contribution in [0.2, 0.25) is 0 Å². The number of benzene rings is 1. The van der Waals surface area contributed by atoms with Gasteiger partial charge in [0.25, 0.3) is 0 Å². The van der Waals surface area contributed by atoms with Crippen molar-refractivity contribution >= 4 is 17.5 Å². The first-order valence-electron chi connectivity index (χ1n) is 7.96. The third-order valence-electron chi connectivity index (χ3n) is 4.08. The fourth-order valence-electron chi connectivity index (χ4n) is 2.91. The average molecular weight is 328 g/mol. The predicted molar refractivity (Wildman–Crippen MR) is 93.2 cm³/mol. The summed E-state index contributed by atoms with van der Waals surface area (Å²) in [5.41, 5.74) is 0.705. The Hall–Kier alpha value is -2.36. The summed E-state index contributed by atoms with van der Waals surface area (Å²) in [5, 5.41) is 0. The molecule has 2 rings (SSSR count). The molecule has 0 N–H and O–H groups in total. The van der Waals surface area contributed by atoms with Crippen LogP contribution in [0.25, 0.3) is 5.57 Å². The topological polar surface area (TPSA) is 52.6 Å². The van der Waals surface area contributed by atoms with E-state index in [4.69, 9.17) is 9.47 Å². The van der Waals surface area contributed by atoms with Gasteiger partial charge < -0.3 is 9.47 Å². The van der Waals surface area contributed by atoms with Crippen LogP contribution in [0.1, 0.15) is 38.3 Å². The van der Waals surface area contributed by atoms with Crippen molar-refractivity contribution < 1.29 is 19.1 Å². The number of hydrogen-bond acceptors (Lipinski definition) is 4. The number of methoxy groups -OCH3 is 1. The van der Waals surface area contributed by atoms with Gasteiger partial charge in [-0.15, -0.1) is 0 Å². The fraction of sp³-hybridized carbons (Fsp3) is 0.400. The third kappa shape index (κ3) is 3.42. The van der Waals surface area contributed by atoms with Gasteiger partial charge in [-0.05, 0) is 43.9 Å². The molecule has 0 radical (unpaired) electrons. The molecular formula is C20H24O4. The zero-order valence-corrected chi connectivity index (χ0v) is 14.7. The van der Waals surface area contributed by atoms with Crippen molar-refractivity contribution in [3.63, 3.8) is 0 Å². The van der Waals surface area contributed by atoms with E-state index in [1.54, 1.807) is 26.8 Å². The van der Waals surface area contributed by atoms with E-state index in [9.17, 15) is 9.59 Å². The molecule has 0 fully saturated rings. The Morgan fingerprint density at radius 2 is 1.88 bits per heavy atom. The van der Waals surface area contributed by atoms with Crippen LogP contribution in [0.3, 0.4) is 0 Å². The van der Waals surface area contributed by atoms with E-state index >= 15 is 0 Å². The molecule has 0 aliphatic heterocycles. The second kappa shape index (κ2) is 6.63. The molecule has 1 aliphatic carbocycles. The minimum absolute atomic E-state index is 0.213. The summed E-state index contributed by atoms with van der Waals surface area (Å²) < 4.78 is 10.5. The normalized spacial score (nSPS) is 20.2. The molecule has 0 amide bonds. The van der Waals surface area contributed by atoms with Crippen molar-refractivity contribution in [2.24, 2.45) is 5.41 Å². The van der Waals surface area contributed by atoms with Gasteiger partial charge in [0.1, 0.15) is 5.60 Å². The Kier molecular flexibility index (Phi) is 4.97. The molecule has 4 heteroatoms. The lowest BCUT2D eigenvalue weighted by molar-refractivity contribution is -0.178. The number of allylic oxidation sites excluding steroid dienone is 3. The average Bonchev–Trinajstić information content (AvgIpc) is 2.69. The number of ether oxygens (including phenoxy) is 2. The molecule has 1 aromatic rings. The van der Waals surface area contributed by atoms with Crippen LogP contribution >= 0.6 is 0 Å². The number of hydrogen-bond donors (Lipinski definition) is 0. The highest BCUT2D eigenvalue weighted by Gasteiger charge is 2.50. The lowest BCUT2D eigenvalue weighted by atomic mass is 9.79. The van der Waals surface area contributed by atoms with Crippen molar-refractivity contribution in [2.75, 3.05) is 7.11 Å². The van der Waals surface area contributed by atoms with E-state index in [-0.39, 0.29) is 12.8 Å². The van der Waals surface area contributed by atoms with Crippen molar-refractivity contribution in [2.45, 2.75) is 39.2 Å². The molecule has 24 heavy (non-hydrogen) atoms. The summed E-state index contributed by atoms with van der Waals surface area (Å²) in [6, 6.07) is 7.70. The Balaban J connectivity index is 2.57. The highest BCUT2D eigenvalue weighted by atomic mass is 16.6. The third-order valence-corrected chi connectivity index (χ3v) is 4.08. The minimum atomic E-state index is -1.39. The Morgan fingerprint density at radius 1 is 1.21 bits per heavy atom. The summed E-state index contributed by atoms with van der Waals surface area (Å²) in [4.78, 5) is 25.5. The molecule has 128 valence electrons. The van der Waals surface area contributed by atoms with Crippen molar-refractivity contribution in [1.82, 2.24) is 0 Å². The number of rotatable bonds is 3.